The van der Waals surface area contributed by atoms with E-state index in [0.717, 1.165) is 5.69 Å². The SMILES string of the molecule is CCOc1ccccc1Nc1ncnc(Nc2cccnc2Cl)c1N. The van der Waals surface area contributed by atoms with Crippen LogP contribution in [0.25, 0.3) is 0 Å². The lowest BCUT2D eigenvalue weighted by Crippen LogP contribution is -2.06. The number of aromatic nitrogens is 3. The van der Waals surface area contributed by atoms with Crippen molar-refractivity contribution in [1.29, 1.82) is 0 Å². The zero-order valence-corrected chi connectivity index (χ0v) is 14.3. The van der Waals surface area contributed by atoms with Crippen molar-refractivity contribution in [2.24, 2.45) is 0 Å². The first kappa shape index (κ1) is 16.8. The van der Waals surface area contributed by atoms with Gasteiger partial charge in [0.15, 0.2) is 16.8 Å². The van der Waals surface area contributed by atoms with Crippen LogP contribution in [0.1, 0.15) is 6.92 Å². The minimum Gasteiger partial charge on any atom is -0.492 e. The summed E-state index contributed by atoms with van der Waals surface area (Å²) < 4.78 is 5.60. The maximum atomic E-state index is 6.20. The van der Waals surface area contributed by atoms with Gasteiger partial charge in [-0.15, -0.1) is 0 Å². The van der Waals surface area contributed by atoms with Crippen LogP contribution in [-0.2, 0) is 0 Å². The third-order valence-corrected chi connectivity index (χ3v) is 3.64. The van der Waals surface area contributed by atoms with Crippen molar-refractivity contribution >= 4 is 40.3 Å². The molecule has 128 valence electrons. The summed E-state index contributed by atoms with van der Waals surface area (Å²) in [5.41, 5.74) is 7.92. The molecule has 0 saturated carbocycles. The zero-order valence-electron chi connectivity index (χ0n) is 13.5. The molecule has 0 bridgehead atoms. The minimum absolute atomic E-state index is 0.330. The molecule has 0 saturated heterocycles. The van der Waals surface area contributed by atoms with E-state index in [9.17, 15) is 0 Å². The predicted molar refractivity (Wildman–Crippen MR) is 99.9 cm³/mol. The Labute approximate surface area is 150 Å². The van der Waals surface area contributed by atoms with E-state index in [1.165, 1.54) is 6.33 Å². The van der Waals surface area contributed by atoms with Crippen LogP contribution in [0.2, 0.25) is 5.15 Å². The molecule has 0 aliphatic rings. The van der Waals surface area contributed by atoms with Crippen molar-refractivity contribution in [2.45, 2.75) is 6.92 Å². The molecule has 0 aliphatic heterocycles. The molecular formula is C17H17ClN6O. The lowest BCUT2D eigenvalue weighted by atomic mass is 10.3. The van der Waals surface area contributed by atoms with E-state index in [-0.39, 0.29) is 0 Å². The highest BCUT2D eigenvalue weighted by molar-refractivity contribution is 6.32. The number of nitrogens with zero attached hydrogens (tertiary/aromatic N) is 3. The summed E-state index contributed by atoms with van der Waals surface area (Å²) in [4.78, 5) is 12.4. The number of nitrogens with one attached hydrogen (secondary N) is 2. The lowest BCUT2D eigenvalue weighted by molar-refractivity contribution is 0.342. The molecule has 0 amide bonds. The largest absolute Gasteiger partial charge is 0.492 e. The van der Waals surface area contributed by atoms with Gasteiger partial charge in [0.2, 0.25) is 0 Å². The summed E-state index contributed by atoms with van der Waals surface area (Å²) in [6.45, 7) is 2.49. The number of hydrogen-bond acceptors (Lipinski definition) is 7. The Morgan fingerprint density at radius 2 is 1.68 bits per heavy atom. The summed E-state index contributed by atoms with van der Waals surface area (Å²) in [6.07, 6.45) is 3.02. The standard InChI is InChI=1S/C17H17ClN6O/c1-2-25-13-8-4-3-6-11(13)23-16-14(19)17(22-10-21-16)24-12-7-5-9-20-15(12)18/h3-10H,2,19H2,1H3,(H2,21,22,23,24). The van der Waals surface area contributed by atoms with Crippen molar-refractivity contribution in [2.75, 3.05) is 23.0 Å². The third kappa shape index (κ3) is 3.89. The maximum absolute atomic E-state index is 6.20. The number of para-hydroxylation sites is 2. The van der Waals surface area contributed by atoms with E-state index in [1.807, 2.05) is 31.2 Å². The van der Waals surface area contributed by atoms with Crippen LogP contribution >= 0.6 is 11.6 Å². The van der Waals surface area contributed by atoms with Crippen LogP contribution in [0.5, 0.6) is 5.75 Å². The number of nitrogens with two attached hydrogens (primary N) is 1. The van der Waals surface area contributed by atoms with Crippen molar-refractivity contribution in [3.05, 3.63) is 54.1 Å². The summed E-state index contributed by atoms with van der Waals surface area (Å²) in [7, 11) is 0. The number of rotatable bonds is 6. The first-order valence-corrected chi connectivity index (χ1v) is 8.03. The molecule has 3 rings (SSSR count). The van der Waals surface area contributed by atoms with Crippen molar-refractivity contribution in [3.8, 4) is 5.75 Å². The Kier molecular flexibility index (Phi) is 5.15. The quantitative estimate of drug-likeness (QED) is 0.574. The van der Waals surface area contributed by atoms with E-state index >= 15 is 0 Å². The van der Waals surface area contributed by atoms with Crippen LogP contribution in [0.4, 0.5) is 28.7 Å². The highest BCUT2D eigenvalue weighted by Gasteiger charge is 2.12. The van der Waals surface area contributed by atoms with Gasteiger partial charge in [-0.05, 0) is 31.2 Å². The molecule has 2 heterocycles. The normalized spacial score (nSPS) is 10.3. The fourth-order valence-corrected chi connectivity index (χ4v) is 2.35. The van der Waals surface area contributed by atoms with E-state index < -0.39 is 0 Å². The van der Waals surface area contributed by atoms with Crippen molar-refractivity contribution < 1.29 is 4.74 Å². The summed E-state index contributed by atoms with van der Waals surface area (Å²) in [5, 5.41) is 6.57. The summed E-state index contributed by atoms with van der Waals surface area (Å²) in [5.74, 6) is 1.61. The number of nitrogen functional groups attached to an aromatic ring is 1. The van der Waals surface area contributed by atoms with E-state index in [4.69, 9.17) is 22.1 Å². The third-order valence-electron chi connectivity index (χ3n) is 3.34. The molecule has 0 spiro atoms. The smallest absolute Gasteiger partial charge is 0.159 e. The lowest BCUT2D eigenvalue weighted by Gasteiger charge is -2.15. The van der Waals surface area contributed by atoms with Gasteiger partial charge < -0.3 is 21.1 Å². The van der Waals surface area contributed by atoms with Gasteiger partial charge in [0.1, 0.15) is 17.8 Å². The molecule has 8 heteroatoms. The Hall–Kier alpha value is -3.06. The van der Waals surface area contributed by atoms with Gasteiger partial charge in [0.25, 0.3) is 0 Å². The molecule has 1 aromatic carbocycles. The van der Waals surface area contributed by atoms with Gasteiger partial charge in [0, 0.05) is 6.20 Å². The second-order valence-corrected chi connectivity index (χ2v) is 5.36. The second-order valence-electron chi connectivity index (χ2n) is 5.01. The minimum atomic E-state index is 0.330. The average Bonchev–Trinajstić information content (AvgIpc) is 2.62. The fraction of sp³-hybridized carbons (Fsp3) is 0.118. The molecule has 0 radical (unpaired) electrons. The first-order chi connectivity index (χ1) is 12.2. The zero-order chi connectivity index (χ0) is 17.6. The number of halogens is 1. The van der Waals surface area contributed by atoms with Crippen LogP contribution in [-0.4, -0.2) is 21.6 Å². The highest BCUT2D eigenvalue weighted by atomic mass is 35.5. The molecule has 0 atom stereocenters. The van der Waals surface area contributed by atoms with Gasteiger partial charge in [-0.2, -0.15) is 0 Å². The van der Waals surface area contributed by atoms with Crippen LogP contribution in [0.15, 0.2) is 48.9 Å². The Bertz CT molecular complexity index is 873. The van der Waals surface area contributed by atoms with Crippen molar-refractivity contribution in [3.63, 3.8) is 0 Å². The Balaban J connectivity index is 1.88. The van der Waals surface area contributed by atoms with E-state index in [2.05, 4.69) is 25.6 Å². The molecule has 25 heavy (non-hydrogen) atoms. The number of benzene rings is 1. The topological polar surface area (TPSA) is 98.0 Å². The van der Waals surface area contributed by atoms with Gasteiger partial charge >= 0.3 is 0 Å². The molecule has 0 aliphatic carbocycles. The molecule has 7 nitrogen and oxygen atoms in total. The monoisotopic (exact) mass is 356 g/mol. The molecule has 0 unspecified atom stereocenters. The van der Waals surface area contributed by atoms with Gasteiger partial charge in [0.05, 0.1) is 18.0 Å². The van der Waals surface area contributed by atoms with Gasteiger partial charge in [-0.3, -0.25) is 0 Å². The molecule has 3 aromatic rings. The van der Waals surface area contributed by atoms with Crippen molar-refractivity contribution in [1.82, 2.24) is 15.0 Å². The van der Waals surface area contributed by atoms with E-state index in [1.54, 1.807) is 18.3 Å². The van der Waals surface area contributed by atoms with Crippen LogP contribution in [0, 0.1) is 0 Å². The number of ether oxygens (including phenoxy) is 1. The second kappa shape index (κ2) is 7.67. The summed E-state index contributed by atoms with van der Waals surface area (Å²) >= 11 is 6.06. The molecule has 0 fully saturated rings. The molecular weight excluding hydrogens is 340 g/mol. The number of pyridine rings is 1. The first-order valence-electron chi connectivity index (χ1n) is 7.66. The average molecular weight is 357 g/mol. The van der Waals surface area contributed by atoms with Crippen LogP contribution < -0.4 is 21.1 Å². The Morgan fingerprint density at radius 1 is 1.00 bits per heavy atom. The number of hydrogen-bond donors (Lipinski definition) is 3. The highest BCUT2D eigenvalue weighted by Crippen LogP contribution is 2.32. The predicted octanol–water partition coefficient (Wildman–Crippen LogP) is 3.99. The molecule has 2 aromatic heterocycles. The van der Waals surface area contributed by atoms with Gasteiger partial charge in [-0.25, -0.2) is 15.0 Å². The summed E-state index contributed by atoms with van der Waals surface area (Å²) in [6, 6.07) is 11.1. The van der Waals surface area contributed by atoms with E-state index in [0.29, 0.717) is 40.5 Å². The molecule has 4 N–H and O–H groups in total. The maximum Gasteiger partial charge on any atom is 0.159 e. The Morgan fingerprint density at radius 3 is 2.40 bits per heavy atom. The van der Waals surface area contributed by atoms with Crippen LogP contribution in [0.3, 0.4) is 0 Å². The number of anilines is 5. The fourth-order valence-electron chi connectivity index (χ4n) is 2.18. The van der Waals surface area contributed by atoms with Gasteiger partial charge in [-0.1, -0.05) is 23.7 Å².